The fourth-order valence-corrected chi connectivity index (χ4v) is 11.0. The first-order valence-corrected chi connectivity index (χ1v) is 14.9. The minimum absolute atomic E-state index is 0.179. The number of hydrogen-bond donors (Lipinski definition) is 0. The van der Waals surface area contributed by atoms with E-state index in [9.17, 15) is 8.42 Å². The Hall–Kier alpha value is -2.51. The Balaban J connectivity index is 1.70. The summed E-state index contributed by atoms with van der Waals surface area (Å²) in [5, 5.41) is 2.17. The van der Waals surface area contributed by atoms with E-state index in [-0.39, 0.29) is 17.7 Å². The van der Waals surface area contributed by atoms with E-state index in [2.05, 4.69) is 51.6 Å². The maximum atomic E-state index is 13.4. The fourth-order valence-electron chi connectivity index (χ4n) is 4.77. The molecular formula is C28H33NO3SSi. The van der Waals surface area contributed by atoms with E-state index in [1.54, 1.807) is 12.1 Å². The van der Waals surface area contributed by atoms with Crippen molar-refractivity contribution in [3.63, 3.8) is 0 Å². The maximum absolute atomic E-state index is 13.4. The van der Waals surface area contributed by atoms with E-state index in [4.69, 9.17) is 4.43 Å². The largest absolute Gasteiger partial charge is 0.405 e. The molecule has 1 saturated heterocycles. The van der Waals surface area contributed by atoms with Gasteiger partial charge in [-0.25, -0.2) is 8.42 Å². The molecule has 4 rings (SSSR count). The fraction of sp³-hybridized carbons (Fsp3) is 0.286. The van der Waals surface area contributed by atoms with Crippen LogP contribution >= 0.6 is 0 Å². The first-order valence-electron chi connectivity index (χ1n) is 11.6. The molecular weight excluding hydrogens is 458 g/mol. The molecule has 34 heavy (non-hydrogen) atoms. The summed E-state index contributed by atoms with van der Waals surface area (Å²) in [6.07, 6.45) is 0. The van der Waals surface area contributed by atoms with Crippen molar-refractivity contribution in [1.29, 1.82) is 0 Å². The maximum Gasteiger partial charge on any atom is 0.261 e. The number of nitrogens with zero attached hydrogens (tertiary/aromatic N) is 1. The van der Waals surface area contributed by atoms with Crippen molar-refractivity contribution < 1.29 is 12.8 Å². The van der Waals surface area contributed by atoms with E-state index < -0.39 is 18.3 Å². The average Bonchev–Trinajstić information content (AvgIpc) is 2.81. The first-order chi connectivity index (χ1) is 16.1. The summed E-state index contributed by atoms with van der Waals surface area (Å²) in [4.78, 5) is 0.307. The van der Waals surface area contributed by atoms with Crippen LogP contribution in [0.4, 0.5) is 0 Å². The van der Waals surface area contributed by atoms with Gasteiger partial charge in [0.25, 0.3) is 8.32 Å². The zero-order valence-electron chi connectivity index (χ0n) is 20.4. The standard InChI is InChI=1S/C28H33NO3SSi/c1-22-16-18-24(19-17-22)33(30,31)29-20-23(2)27(29)21-32-34(28(3,4)5,25-12-8-6-9-13-25)26-14-10-7-11-15-26/h6-19,27H,2,20-21H2,1,3-5H3/t27-/m0/s1. The van der Waals surface area contributed by atoms with Gasteiger partial charge in [0.15, 0.2) is 0 Å². The Bertz CT molecular complexity index is 1210. The second-order valence-corrected chi connectivity index (χ2v) is 16.2. The van der Waals surface area contributed by atoms with Crippen LogP contribution in [0.2, 0.25) is 5.04 Å². The van der Waals surface area contributed by atoms with Gasteiger partial charge in [0.1, 0.15) is 0 Å². The van der Waals surface area contributed by atoms with Gasteiger partial charge in [-0.1, -0.05) is 106 Å². The van der Waals surface area contributed by atoms with Crippen LogP contribution in [-0.2, 0) is 14.4 Å². The minimum Gasteiger partial charge on any atom is -0.405 e. The van der Waals surface area contributed by atoms with E-state index >= 15 is 0 Å². The summed E-state index contributed by atoms with van der Waals surface area (Å²) >= 11 is 0. The molecule has 0 unspecified atom stereocenters. The van der Waals surface area contributed by atoms with Crippen molar-refractivity contribution in [1.82, 2.24) is 4.31 Å². The van der Waals surface area contributed by atoms with E-state index in [0.717, 1.165) is 11.1 Å². The summed E-state index contributed by atoms with van der Waals surface area (Å²) in [5.41, 5.74) is 1.91. The highest BCUT2D eigenvalue weighted by atomic mass is 32.2. The highest BCUT2D eigenvalue weighted by molar-refractivity contribution is 7.89. The molecule has 3 aromatic rings. The predicted molar refractivity (Wildman–Crippen MR) is 142 cm³/mol. The molecule has 1 heterocycles. The van der Waals surface area contributed by atoms with Crippen molar-refractivity contribution >= 4 is 28.7 Å². The average molecular weight is 492 g/mol. The summed E-state index contributed by atoms with van der Waals surface area (Å²) in [6.45, 7) is 13.4. The van der Waals surface area contributed by atoms with Crippen molar-refractivity contribution in [3.05, 3.63) is 103 Å². The summed E-state index contributed by atoms with van der Waals surface area (Å²) in [6, 6.07) is 27.4. The lowest BCUT2D eigenvalue weighted by molar-refractivity contribution is 0.178. The van der Waals surface area contributed by atoms with Gasteiger partial charge >= 0.3 is 0 Å². The first kappa shape index (κ1) is 24.6. The minimum atomic E-state index is -3.63. The molecule has 1 aliphatic heterocycles. The van der Waals surface area contributed by atoms with Crippen LogP contribution in [0.5, 0.6) is 0 Å². The highest BCUT2D eigenvalue weighted by Crippen LogP contribution is 2.38. The molecule has 0 radical (unpaired) electrons. The van der Waals surface area contributed by atoms with Crippen LogP contribution in [0.3, 0.4) is 0 Å². The van der Waals surface area contributed by atoms with Gasteiger partial charge in [-0.05, 0) is 40.0 Å². The van der Waals surface area contributed by atoms with Crippen LogP contribution in [0.25, 0.3) is 0 Å². The molecule has 0 amide bonds. The van der Waals surface area contributed by atoms with E-state index in [1.165, 1.54) is 14.7 Å². The smallest absolute Gasteiger partial charge is 0.261 e. The molecule has 1 aliphatic rings. The van der Waals surface area contributed by atoms with Crippen molar-refractivity contribution in [3.8, 4) is 0 Å². The molecule has 3 aromatic carbocycles. The quantitative estimate of drug-likeness (QED) is 0.361. The Labute approximate surface area is 205 Å². The number of sulfonamides is 1. The van der Waals surface area contributed by atoms with Gasteiger partial charge in [0, 0.05) is 6.54 Å². The van der Waals surface area contributed by atoms with Crippen molar-refractivity contribution in [2.45, 2.75) is 43.7 Å². The normalized spacial score (nSPS) is 17.4. The second-order valence-electron chi connectivity index (χ2n) is 10.0. The van der Waals surface area contributed by atoms with Gasteiger partial charge in [0.05, 0.1) is 17.5 Å². The molecule has 0 aliphatic carbocycles. The third-order valence-corrected chi connectivity index (χ3v) is 13.6. The third-order valence-electron chi connectivity index (χ3n) is 6.68. The molecule has 1 fully saturated rings. The molecule has 0 aromatic heterocycles. The summed E-state index contributed by atoms with van der Waals surface area (Å²) in [5.74, 6) is 0. The monoisotopic (exact) mass is 491 g/mol. The zero-order valence-corrected chi connectivity index (χ0v) is 22.2. The molecule has 0 bridgehead atoms. The lowest BCUT2D eigenvalue weighted by atomic mass is 10.0. The van der Waals surface area contributed by atoms with Crippen LogP contribution in [0.15, 0.2) is 102 Å². The van der Waals surface area contributed by atoms with Crippen LogP contribution in [0.1, 0.15) is 26.3 Å². The second kappa shape index (κ2) is 9.27. The summed E-state index contributed by atoms with van der Waals surface area (Å²) < 4.78 is 35.3. The highest BCUT2D eigenvalue weighted by Gasteiger charge is 2.52. The number of aryl methyl sites for hydroxylation is 1. The van der Waals surface area contributed by atoms with E-state index in [0.29, 0.717) is 11.4 Å². The van der Waals surface area contributed by atoms with Crippen molar-refractivity contribution in [2.75, 3.05) is 13.2 Å². The van der Waals surface area contributed by atoms with Crippen LogP contribution < -0.4 is 10.4 Å². The molecule has 0 saturated carbocycles. The Kier molecular flexibility index (Phi) is 6.71. The molecule has 1 atom stereocenters. The topological polar surface area (TPSA) is 46.6 Å². The Morgan fingerprint density at radius 1 is 0.912 bits per heavy atom. The number of hydrogen-bond acceptors (Lipinski definition) is 3. The number of benzene rings is 3. The van der Waals surface area contributed by atoms with Gasteiger partial charge in [-0.3, -0.25) is 0 Å². The lowest BCUT2D eigenvalue weighted by Crippen LogP contribution is -2.68. The Morgan fingerprint density at radius 3 is 1.85 bits per heavy atom. The Morgan fingerprint density at radius 2 is 1.41 bits per heavy atom. The number of rotatable bonds is 7. The van der Waals surface area contributed by atoms with Gasteiger partial charge in [-0.2, -0.15) is 4.31 Å². The van der Waals surface area contributed by atoms with Crippen molar-refractivity contribution in [2.24, 2.45) is 0 Å². The predicted octanol–water partition coefficient (Wildman–Crippen LogP) is 4.50. The van der Waals surface area contributed by atoms with Crippen LogP contribution in [-0.4, -0.2) is 40.2 Å². The molecule has 6 heteroatoms. The van der Waals surface area contributed by atoms with Gasteiger partial charge in [0.2, 0.25) is 10.0 Å². The van der Waals surface area contributed by atoms with E-state index in [1.807, 2.05) is 55.5 Å². The molecule has 4 nitrogen and oxygen atoms in total. The zero-order chi connectivity index (χ0) is 24.6. The molecule has 0 N–H and O–H groups in total. The molecule has 0 spiro atoms. The lowest BCUT2D eigenvalue weighted by Gasteiger charge is -2.47. The third kappa shape index (κ3) is 4.31. The van der Waals surface area contributed by atoms with Gasteiger partial charge < -0.3 is 4.43 Å². The summed E-state index contributed by atoms with van der Waals surface area (Å²) in [7, 11) is -6.39. The molecule has 178 valence electrons. The van der Waals surface area contributed by atoms with Crippen LogP contribution in [0, 0.1) is 6.92 Å². The SMILES string of the molecule is C=C1CN(S(=O)(=O)c2ccc(C)cc2)[C@H]1CO[Si](c1ccccc1)(c1ccccc1)C(C)(C)C. The van der Waals surface area contributed by atoms with Gasteiger partial charge in [-0.15, -0.1) is 0 Å².